The van der Waals surface area contributed by atoms with E-state index in [2.05, 4.69) is 17.6 Å². The van der Waals surface area contributed by atoms with Crippen LogP contribution in [-0.4, -0.2) is 11.1 Å². The number of rotatable bonds is 6. The molecule has 102 valence electrons. The summed E-state index contributed by atoms with van der Waals surface area (Å²) in [6.07, 6.45) is 2.90. The monoisotopic (exact) mass is 262 g/mol. The third kappa shape index (κ3) is 3.34. The molecule has 2 rings (SSSR count). The third-order valence-corrected chi connectivity index (χ3v) is 3.32. The number of nitrogens with zero attached hydrogens (tertiary/aromatic N) is 1. The minimum atomic E-state index is -0.715. The van der Waals surface area contributed by atoms with Crippen LogP contribution in [0.5, 0.6) is 0 Å². The van der Waals surface area contributed by atoms with Crippen LogP contribution in [0.25, 0.3) is 11.1 Å². The number of carboxylic acids is 1. The van der Waals surface area contributed by atoms with E-state index in [1.807, 2.05) is 19.1 Å². The molecule has 1 heterocycles. The van der Waals surface area contributed by atoms with E-state index in [1.54, 1.807) is 0 Å². The van der Waals surface area contributed by atoms with E-state index in [9.17, 15) is 4.79 Å². The topological polar surface area (TPSA) is 54.3 Å². The Labute approximate surface area is 112 Å². The molecule has 0 saturated carbocycles. The zero-order valence-electron chi connectivity index (χ0n) is 11.5. The Morgan fingerprint density at radius 2 is 2.05 bits per heavy atom. The molecular formula is C15H20NO3+. The molecule has 4 heteroatoms. The molecule has 1 aromatic heterocycles. The first-order valence-electron chi connectivity index (χ1n) is 6.69. The average molecular weight is 262 g/mol. The molecule has 0 fully saturated rings. The first-order chi connectivity index (χ1) is 9.08. The maximum Gasteiger partial charge on any atom is 0.344 e. The predicted octanol–water partition coefficient (Wildman–Crippen LogP) is 2.98. The number of oxazole rings is 1. The summed E-state index contributed by atoms with van der Waals surface area (Å²) in [6.45, 7) is 4.91. The summed E-state index contributed by atoms with van der Waals surface area (Å²) in [5, 5.41) is 8.59. The molecular weight excluding hydrogens is 242 g/mol. The minimum absolute atomic E-state index is 0.259. The Morgan fingerprint density at radius 1 is 1.26 bits per heavy atom. The number of benzene rings is 1. The van der Waals surface area contributed by atoms with E-state index in [1.165, 1.54) is 5.56 Å². The molecule has 0 amide bonds. The predicted molar refractivity (Wildman–Crippen MR) is 72.0 cm³/mol. The first kappa shape index (κ1) is 13.6. The lowest BCUT2D eigenvalue weighted by Crippen LogP contribution is -2.35. The standard InChI is InChI=1S/C15H19NO3/c1-11-7-8-14-13(10-11)16(12(2)19-14)9-5-3-4-6-15(17)18/h7-8,10H,3-6,9H2,1-2H3/p+1. The van der Waals surface area contributed by atoms with Crippen LogP contribution in [0.2, 0.25) is 0 Å². The highest BCUT2D eigenvalue weighted by atomic mass is 16.4. The Bertz CT molecular complexity index is 586. The van der Waals surface area contributed by atoms with E-state index in [4.69, 9.17) is 9.52 Å². The lowest BCUT2D eigenvalue weighted by molar-refractivity contribution is -0.683. The highest BCUT2D eigenvalue weighted by Crippen LogP contribution is 2.15. The number of carbonyl (C=O) groups is 1. The fourth-order valence-electron chi connectivity index (χ4n) is 2.31. The van der Waals surface area contributed by atoms with Gasteiger partial charge in [0.2, 0.25) is 5.58 Å². The van der Waals surface area contributed by atoms with Crippen LogP contribution in [0, 0.1) is 13.8 Å². The fourth-order valence-corrected chi connectivity index (χ4v) is 2.31. The molecule has 0 saturated heterocycles. The van der Waals surface area contributed by atoms with Gasteiger partial charge in [-0.15, -0.1) is 0 Å². The van der Waals surface area contributed by atoms with E-state index < -0.39 is 5.97 Å². The van der Waals surface area contributed by atoms with Crippen molar-refractivity contribution >= 4 is 17.1 Å². The Hall–Kier alpha value is -1.84. The summed E-state index contributed by atoms with van der Waals surface area (Å²) >= 11 is 0. The summed E-state index contributed by atoms with van der Waals surface area (Å²) in [5.74, 6) is 0.187. The van der Waals surface area contributed by atoms with Crippen molar-refractivity contribution in [2.45, 2.75) is 46.1 Å². The van der Waals surface area contributed by atoms with E-state index in [0.717, 1.165) is 42.8 Å². The molecule has 4 nitrogen and oxygen atoms in total. The molecule has 0 unspecified atom stereocenters. The molecule has 0 spiro atoms. The second kappa shape index (κ2) is 5.87. The minimum Gasteiger partial charge on any atom is -0.481 e. The zero-order valence-corrected chi connectivity index (χ0v) is 11.5. The van der Waals surface area contributed by atoms with Crippen LogP contribution in [0.3, 0.4) is 0 Å². The maximum atomic E-state index is 10.4. The lowest BCUT2D eigenvalue weighted by atomic mass is 10.2. The molecule has 1 N–H and O–H groups in total. The van der Waals surface area contributed by atoms with Crippen molar-refractivity contribution in [3.63, 3.8) is 0 Å². The van der Waals surface area contributed by atoms with Crippen LogP contribution in [-0.2, 0) is 11.3 Å². The van der Waals surface area contributed by atoms with Crippen molar-refractivity contribution in [3.05, 3.63) is 29.7 Å². The van der Waals surface area contributed by atoms with Crippen LogP contribution in [0.15, 0.2) is 22.6 Å². The van der Waals surface area contributed by atoms with Gasteiger partial charge in [0.1, 0.15) is 0 Å². The molecule has 0 aliphatic carbocycles. The van der Waals surface area contributed by atoms with E-state index in [-0.39, 0.29) is 6.42 Å². The average Bonchev–Trinajstić information content (AvgIpc) is 2.65. The van der Waals surface area contributed by atoms with Gasteiger partial charge in [-0.3, -0.25) is 4.79 Å². The maximum absolute atomic E-state index is 10.4. The number of aryl methyl sites for hydroxylation is 3. The van der Waals surface area contributed by atoms with Crippen LogP contribution in [0.4, 0.5) is 0 Å². The van der Waals surface area contributed by atoms with Crippen molar-refractivity contribution in [3.8, 4) is 0 Å². The quantitative estimate of drug-likeness (QED) is 0.643. The molecule has 2 aromatic rings. The second-order valence-electron chi connectivity index (χ2n) is 4.95. The normalized spacial score (nSPS) is 11.1. The highest BCUT2D eigenvalue weighted by molar-refractivity contribution is 5.69. The SMILES string of the molecule is Cc1ccc2oc(C)[n+](CCCCCC(=O)O)c2c1. The summed E-state index contributed by atoms with van der Waals surface area (Å²) in [5.41, 5.74) is 3.25. The fraction of sp³-hybridized carbons (Fsp3) is 0.467. The smallest absolute Gasteiger partial charge is 0.344 e. The molecule has 1 aromatic carbocycles. The highest BCUT2D eigenvalue weighted by Gasteiger charge is 2.18. The first-order valence-corrected chi connectivity index (χ1v) is 6.69. The van der Waals surface area contributed by atoms with Crippen molar-refractivity contribution in [1.29, 1.82) is 0 Å². The number of aromatic nitrogens is 1. The van der Waals surface area contributed by atoms with Gasteiger partial charge in [0.25, 0.3) is 5.52 Å². The van der Waals surface area contributed by atoms with Crippen molar-refractivity contribution in [1.82, 2.24) is 0 Å². The molecule has 19 heavy (non-hydrogen) atoms. The van der Waals surface area contributed by atoms with Gasteiger partial charge in [0, 0.05) is 18.9 Å². The molecule has 0 bridgehead atoms. The molecule has 0 aliphatic heterocycles. The van der Waals surface area contributed by atoms with Gasteiger partial charge >= 0.3 is 11.9 Å². The van der Waals surface area contributed by atoms with Crippen LogP contribution >= 0.6 is 0 Å². The largest absolute Gasteiger partial charge is 0.481 e. The van der Waals surface area contributed by atoms with Gasteiger partial charge in [-0.1, -0.05) is 6.07 Å². The van der Waals surface area contributed by atoms with Gasteiger partial charge in [-0.25, -0.2) is 0 Å². The number of unbranched alkanes of at least 4 members (excludes halogenated alkanes) is 2. The number of hydrogen-bond acceptors (Lipinski definition) is 2. The summed E-state index contributed by atoms with van der Waals surface area (Å²) < 4.78 is 7.89. The third-order valence-electron chi connectivity index (χ3n) is 3.32. The summed E-state index contributed by atoms with van der Waals surface area (Å²) in [6, 6.07) is 6.17. The van der Waals surface area contributed by atoms with Gasteiger partial charge in [0.15, 0.2) is 6.54 Å². The molecule has 0 radical (unpaired) electrons. The Balaban J connectivity index is 2.01. The number of carboxylic acid groups (broad SMARTS) is 1. The number of aliphatic carboxylic acids is 1. The number of hydrogen-bond donors (Lipinski definition) is 1. The molecule has 0 aliphatic rings. The number of fused-ring (bicyclic) bond motifs is 1. The van der Waals surface area contributed by atoms with E-state index >= 15 is 0 Å². The van der Waals surface area contributed by atoms with Crippen molar-refractivity contribution in [2.24, 2.45) is 0 Å². The lowest BCUT2D eigenvalue weighted by Gasteiger charge is -1.97. The van der Waals surface area contributed by atoms with Gasteiger partial charge in [-0.05, 0) is 31.4 Å². The van der Waals surface area contributed by atoms with Gasteiger partial charge in [0.05, 0.1) is 6.92 Å². The van der Waals surface area contributed by atoms with Crippen molar-refractivity contribution in [2.75, 3.05) is 0 Å². The summed E-state index contributed by atoms with van der Waals surface area (Å²) in [4.78, 5) is 10.4. The summed E-state index contributed by atoms with van der Waals surface area (Å²) in [7, 11) is 0. The van der Waals surface area contributed by atoms with Crippen LogP contribution in [0.1, 0.15) is 37.1 Å². The van der Waals surface area contributed by atoms with Gasteiger partial charge in [-0.2, -0.15) is 4.57 Å². The van der Waals surface area contributed by atoms with E-state index in [0.29, 0.717) is 0 Å². The zero-order chi connectivity index (χ0) is 13.8. The Morgan fingerprint density at radius 3 is 2.79 bits per heavy atom. The molecule has 0 atom stereocenters. The van der Waals surface area contributed by atoms with Gasteiger partial charge < -0.3 is 9.52 Å². The van der Waals surface area contributed by atoms with Crippen molar-refractivity contribution < 1.29 is 18.9 Å². The second-order valence-corrected chi connectivity index (χ2v) is 4.95. The Kier molecular flexibility index (Phi) is 4.20. The van der Waals surface area contributed by atoms with Crippen LogP contribution < -0.4 is 4.57 Å².